The molecule has 0 bridgehead atoms. The smallest absolute Gasteiger partial charge is 0.147 e. The minimum atomic E-state index is -0.409. The third-order valence-corrected chi connectivity index (χ3v) is 5.97. The van der Waals surface area contributed by atoms with Crippen molar-refractivity contribution in [2.24, 2.45) is 5.84 Å². The average Bonchev–Trinajstić information content (AvgIpc) is 3.02. The Bertz CT molecular complexity index is 508. The number of likely N-dealkylation sites (tertiary alicyclic amines) is 1. The number of halogens is 3. The first-order valence-electron chi connectivity index (χ1n) is 7.30. The van der Waals surface area contributed by atoms with Gasteiger partial charge in [-0.3, -0.25) is 16.2 Å². The number of benzene rings is 1. The second kappa shape index (κ2) is 6.92. The Morgan fingerprint density at radius 3 is 2.62 bits per heavy atom. The summed E-state index contributed by atoms with van der Waals surface area (Å²) in [5.74, 6) is 5.38. The molecule has 2 atom stereocenters. The van der Waals surface area contributed by atoms with Gasteiger partial charge in [0, 0.05) is 15.6 Å². The molecule has 1 fully saturated rings. The maximum atomic E-state index is 14.6. The molecule has 1 aromatic rings. The van der Waals surface area contributed by atoms with E-state index >= 15 is 0 Å². The zero-order valence-corrected chi connectivity index (χ0v) is 14.8. The molecule has 1 aliphatic heterocycles. The van der Waals surface area contributed by atoms with Gasteiger partial charge < -0.3 is 0 Å². The van der Waals surface area contributed by atoms with Crippen molar-refractivity contribution in [1.29, 1.82) is 0 Å². The summed E-state index contributed by atoms with van der Waals surface area (Å²) in [6.45, 7) is 6.29. The molecule has 0 spiro atoms. The summed E-state index contributed by atoms with van der Waals surface area (Å²) >= 11 is 9.28. The molecule has 2 rings (SSSR count). The lowest BCUT2D eigenvalue weighted by molar-refractivity contribution is 0.0825. The van der Waals surface area contributed by atoms with Crippen molar-refractivity contribution < 1.29 is 4.39 Å². The van der Waals surface area contributed by atoms with Crippen LogP contribution in [0.1, 0.15) is 44.7 Å². The maximum Gasteiger partial charge on any atom is 0.147 e. The lowest BCUT2D eigenvalue weighted by Crippen LogP contribution is -2.55. The first-order chi connectivity index (χ1) is 9.95. The summed E-state index contributed by atoms with van der Waals surface area (Å²) in [5, 5.41) is 0.104. The average molecular weight is 379 g/mol. The number of rotatable bonds is 5. The molecule has 21 heavy (non-hydrogen) atoms. The van der Waals surface area contributed by atoms with Crippen molar-refractivity contribution in [3.05, 3.63) is 33.0 Å². The fraction of sp³-hybridized carbons (Fsp3) is 0.600. The van der Waals surface area contributed by atoms with Gasteiger partial charge in [0.15, 0.2) is 0 Å². The lowest BCUT2D eigenvalue weighted by Gasteiger charge is -2.44. The van der Waals surface area contributed by atoms with E-state index in [9.17, 15) is 4.39 Å². The van der Waals surface area contributed by atoms with Crippen LogP contribution in [0.5, 0.6) is 0 Å². The topological polar surface area (TPSA) is 41.3 Å². The highest BCUT2D eigenvalue weighted by atomic mass is 79.9. The highest BCUT2D eigenvalue weighted by molar-refractivity contribution is 9.10. The molecule has 2 unspecified atom stereocenters. The van der Waals surface area contributed by atoms with Crippen LogP contribution in [-0.4, -0.2) is 23.5 Å². The molecule has 3 N–H and O–H groups in total. The van der Waals surface area contributed by atoms with Gasteiger partial charge in [-0.2, -0.15) is 0 Å². The number of nitrogens with one attached hydrogen (secondary N) is 1. The molecular formula is C15H22BrClFN3. The Labute approximate surface area is 139 Å². The first kappa shape index (κ1) is 17.2. The summed E-state index contributed by atoms with van der Waals surface area (Å²) in [7, 11) is 0. The van der Waals surface area contributed by atoms with E-state index in [-0.39, 0.29) is 16.6 Å². The van der Waals surface area contributed by atoms with Crippen LogP contribution in [0.15, 0.2) is 16.6 Å². The molecule has 0 aliphatic carbocycles. The quantitative estimate of drug-likeness (QED) is 0.462. The van der Waals surface area contributed by atoms with Gasteiger partial charge in [0.2, 0.25) is 0 Å². The molecule has 1 saturated heterocycles. The van der Waals surface area contributed by atoms with Crippen molar-refractivity contribution >= 4 is 27.5 Å². The van der Waals surface area contributed by atoms with Crippen LogP contribution in [0.4, 0.5) is 4.39 Å². The summed E-state index contributed by atoms with van der Waals surface area (Å²) in [6.07, 6.45) is 3.22. The van der Waals surface area contributed by atoms with Gasteiger partial charge in [-0.15, -0.1) is 0 Å². The fourth-order valence-corrected chi connectivity index (χ4v) is 3.68. The Kier molecular flexibility index (Phi) is 5.65. The Hall–Kier alpha value is -0.200. The number of hydrazine groups is 1. The van der Waals surface area contributed by atoms with Gasteiger partial charge in [0.1, 0.15) is 5.82 Å². The van der Waals surface area contributed by atoms with Gasteiger partial charge in [0.05, 0.1) is 11.1 Å². The van der Waals surface area contributed by atoms with Crippen LogP contribution < -0.4 is 11.3 Å². The third kappa shape index (κ3) is 3.13. The normalized spacial score (nSPS) is 20.5. The van der Waals surface area contributed by atoms with Gasteiger partial charge in [0.25, 0.3) is 0 Å². The fourth-order valence-electron chi connectivity index (χ4n) is 3.21. The highest BCUT2D eigenvalue weighted by Gasteiger charge is 2.41. The van der Waals surface area contributed by atoms with Crippen LogP contribution >= 0.6 is 27.5 Å². The largest absolute Gasteiger partial charge is 0.296 e. The summed E-state index contributed by atoms with van der Waals surface area (Å²) < 4.78 is 15.1. The molecule has 1 heterocycles. The minimum absolute atomic E-state index is 0.104. The number of nitrogens with zero attached hydrogens (tertiary/aromatic N) is 1. The maximum absolute atomic E-state index is 14.6. The molecule has 1 aromatic carbocycles. The van der Waals surface area contributed by atoms with E-state index in [0.29, 0.717) is 10.0 Å². The molecule has 6 heteroatoms. The summed E-state index contributed by atoms with van der Waals surface area (Å²) in [6, 6.07) is 3.21. The predicted molar refractivity (Wildman–Crippen MR) is 88.7 cm³/mol. The van der Waals surface area contributed by atoms with Crippen LogP contribution in [0.25, 0.3) is 0 Å². The van der Waals surface area contributed by atoms with E-state index in [1.54, 1.807) is 12.1 Å². The van der Waals surface area contributed by atoms with Crippen LogP contribution in [0.2, 0.25) is 5.02 Å². The SMILES string of the molecule is CCC(C)(C(NN)c1ccc(Br)c(Cl)c1F)N1CCCC1. The first-order valence-corrected chi connectivity index (χ1v) is 8.47. The van der Waals surface area contributed by atoms with Gasteiger partial charge in [-0.1, -0.05) is 24.6 Å². The standard InChI is InChI=1S/C15H22BrClFN3/c1-3-15(2,21-8-4-5-9-21)14(20-19)10-6-7-11(16)12(17)13(10)18/h6-7,14,20H,3-5,8-9,19H2,1-2H3. The van der Waals surface area contributed by atoms with Crippen LogP contribution in [0.3, 0.4) is 0 Å². The van der Waals surface area contributed by atoms with E-state index in [1.165, 1.54) is 12.8 Å². The van der Waals surface area contributed by atoms with Crippen molar-refractivity contribution in [3.8, 4) is 0 Å². The molecule has 0 amide bonds. The summed E-state index contributed by atoms with van der Waals surface area (Å²) in [5.41, 5.74) is 3.09. The molecule has 0 radical (unpaired) electrons. The minimum Gasteiger partial charge on any atom is -0.296 e. The third-order valence-electron chi connectivity index (χ3n) is 4.71. The zero-order chi connectivity index (χ0) is 15.6. The van der Waals surface area contributed by atoms with E-state index in [2.05, 4.69) is 40.1 Å². The second-order valence-electron chi connectivity index (χ2n) is 5.77. The Balaban J connectivity index is 2.44. The van der Waals surface area contributed by atoms with E-state index in [4.69, 9.17) is 17.4 Å². The van der Waals surface area contributed by atoms with Crippen LogP contribution in [0, 0.1) is 5.82 Å². The van der Waals surface area contributed by atoms with Gasteiger partial charge >= 0.3 is 0 Å². The van der Waals surface area contributed by atoms with Crippen LogP contribution in [-0.2, 0) is 0 Å². The van der Waals surface area contributed by atoms with Crippen molar-refractivity contribution in [3.63, 3.8) is 0 Å². The molecule has 118 valence electrons. The summed E-state index contributed by atoms with van der Waals surface area (Å²) in [4.78, 5) is 2.40. The number of hydrogen-bond donors (Lipinski definition) is 2. The second-order valence-corrected chi connectivity index (χ2v) is 7.00. The number of hydrogen-bond acceptors (Lipinski definition) is 3. The molecule has 3 nitrogen and oxygen atoms in total. The van der Waals surface area contributed by atoms with Crippen molar-refractivity contribution in [2.75, 3.05) is 13.1 Å². The highest BCUT2D eigenvalue weighted by Crippen LogP contribution is 2.39. The Morgan fingerprint density at radius 2 is 2.10 bits per heavy atom. The molecule has 1 aliphatic rings. The van der Waals surface area contributed by atoms with E-state index in [1.807, 2.05) is 0 Å². The van der Waals surface area contributed by atoms with Crippen molar-refractivity contribution in [1.82, 2.24) is 10.3 Å². The zero-order valence-electron chi connectivity index (χ0n) is 12.4. The molecule has 0 aromatic heterocycles. The van der Waals surface area contributed by atoms with E-state index < -0.39 is 5.82 Å². The van der Waals surface area contributed by atoms with Gasteiger partial charge in [-0.25, -0.2) is 4.39 Å². The molecule has 0 saturated carbocycles. The predicted octanol–water partition coefficient (Wildman–Crippen LogP) is 4.01. The van der Waals surface area contributed by atoms with Crippen molar-refractivity contribution in [2.45, 2.75) is 44.7 Å². The van der Waals surface area contributed by atoms with E-state index in [0.717, 1.165) is 19.5 Å². The Morgan fingerprint density at radius 1 is 1.48 bits per heavy atom. The lowest BCUT2D eigenvalue weighted by atomic mass is 9.83. The molecular weight excluding hydrogens is 357 g/mol. The number of nitrogens with two attached hydrogens (primary N) is 1. The van der Waals surface area contributed by atoms with Gasteiger partial charge in [-0.05, 0) is 61.3 Å². The monoisotopic (exact) mass is 377 g/mol.